The van der Waals surface area contributed by atoms with E-state index < -0.39 is 23.8 Å². The van der Waals surface area contributed by atoms with E-state index in [1.165, 1.54) is 0 Å². The third-order valence-electron chi connectivity index (χ3n) is 5.98. The number of carbonyl (C=O) groups is 2. The lowest BCUT2D eigenvalue weighted by molar-refractivity contribution is -0.139. The van der Waals surface area contributed by atoms with Crippen LogP contribution in [0.25, 0.3) is 16.8 Å². The van der Waals surface area contributed by atoms with Gasteiger partial charge < -0.3 is 20.1 Å². The summed E-state index contributed by atoms with van der Waals surface area (Å²) in [4.78, 5) is 24.6. The molecule has 0 aliphatic rings. The van der Waals surface area contributed by atoms with Gasteiger partial charge in [0, 0.05) is 18.1 Å². The Balaban J connectivity index is 1.50. The molecule has 178 valence electrons. The van der Waals surface area contributed by atoms with Gasteiger partial charge in [0.1, 0.15) is 0 Å². The van der Waals surface area contributed by atoms with Crippen LogP contribution in [0.15, 0.2) is 103 Å². The number of aliphatic hydroxyl groups excluding tert-OH is 1. The van der Waals surface area contributed by atoms with Gasteiger partial charge in [-0.05, 0) is 46.9 Å². The van der Waals surface area contributed by atoms with E-state index >= 15 is 0 Å². The minimum absolute atomic E-state index is 0.241. The molecular weight excluding hydrogens is 440 g/mol. The molecular formula is C29H28N2O4. The molecule has 4 aromatic rings. The topological polar surface area (TPSA) is 91.6 Å². The maximum atomic E-state index is 13.1. The number of hydrogen-bond donors (Lipinski definition) is 3. The van der Waals surface area contributed by atoms with Gasteiger partial charge in [0.05, 0.1) is 25.0 Å². The Morgan fingerprint density at radius 3 is 2.09 bits per heavy atom. The number of aliphatic hydroxyl groups is 1. The summed E-state index contributed by atoms with van der Waals surface area (Å²) in [5.74, 6) is -2.35. The monoisotopic (exact) mass is 468 g/mol. The number of aliphatic carboxylic acids is 1. The molecule has 0 aliphatic carbocycles. The fourth-order valence-electron chi connectivity index (χ4n) is 4.13. The third-order valence-corrected chi connectivity index (χ3v) is 5.98. The predicted molar refractivity (Wildman–Crippen MR) is 135 cm³/mol. The van der Waals surface area contributed by atoms with Crippen molar-refractivity contribution in [3.05, 3.63) is 115 Å². The largest absolute Gasteiger partial charge is 0.481 e. The second-order valence-electron chi connectivity index (χ2n) is 8.49. The van der Waals surface area contributed by atoms with Crippen molar-refractivity contribution in [2.45, 2.75) is 24.8 Å². The molecule has 0 radical (unpaired) electrons. The lowest BCUT2D eigenvalue weighted by Crippen LogP contribution is -2.42. The van der Waals surface area contributed by atoms with Crippen molar-refractivity contribution in [1.82, 2.24) is 9.88 Å². The summed E-state index contributed by atoms with van der Waals surface area (Å²) in [6.07, 6.45) is 3.72. The Kier molecular flexibility index (Phi) is 7.75. The minimum Gasteiger partial charge on any atom is -0.481 e. The average molecular weight is 469 g/mol. The maximum absolute atomic E-state index is 13.1. The van der Waals surface area contributed by atoms with Crippen molar-refractivity contribution in [3.63, 3.8) is 0 Å². The zero-order valence-corrected chi connectivity index (χ0v) is 19.2. The standard InChI is InChI=1S/C29H28N2O4/c32-20-25(17-21-7-3-1-4-8-21)30-29(35)27(18-28(33)34)24-15-16-31(19-24)26-13-11-23(12-14-26)22-9-5-2-6-10-22/h1-16,19,25,27,32H,17-18,20H2,(H,30,35)(H,33,34). The van der Waals surface area contributed by atoms with E-state index in [1.807, 2.05) is 83.6 Å². The summed E-state index contributed by atoms with van der Waals surface area (Å²) in [5.41, 5.74) is 4.71. The number of hydrogen-bond acceptors (Lipinski definition) is 3. The summed E-state index contributed by atoms with van der Waals surface area (Å²) in [7, 11) is 0. The number of carboxylic acids is 1. The van der Waals surface area contributed by atoms with Gasteiger partial charge in [-0.1, -0.05) is 72.8 Å². The first-order chi connectivity index (χ1) is 17.0. The van der Waals surface area contributed by atoms with Crippen molar-refractivity contribution in [2.75, 3.05) is 6.61 Å². The Bertz CT molecular complexity index is 1250. The van der Waals surface area contributed by atoms with Gasteiger partial charge in [0.15, 0.2) is 0 Å². The molecule has 6 nitrogen and oxygen atoms in total. The number of rotatable bonds is 10. The van der Waals surface area contributed by atoms with Crippen LogP contribution in [0.4, 0.5) is 0 Å². The summed E-state index contributed by atoms with van der Waals surface area (Å²) < 4.78 is 1.87. The highest BCUT2D eigenvalue weighted by molar-refractivity contribution is 5.88. The maximum Gasteiger partial charge on any atom is 0.304 e. The van der Waals surface area contributed by atoms with Crippen LogP contribution in [0, 0.1) is 0 Å². The zero-order chi connectivity index (χ0) is 24.6. The van der Waals surface area contributed by atoms with E-state index in [9.17, 15) is 19.8 Å². The molecule has 1 aromatic heterocycles. The first-order valence-corrected chi connectivity index (χ1v) is 11.5. The van der Waals surface area contributed by atoms with Gasteiger partial charge in [0.2, 0.25) is 5.91 Å². The van der Waals surface area contributed by atoms with Crippen LogP contribution in [0.5, 0.6) is 0 Å². The van der Waals surface area contributed by atoms with Gasteiger partial charge in [-0.2, -0.15) is 0 Å². The van der Waals surface area contributed by atoms with Crippen LogP contribution < -0.4 is 5.32 Å². The highest BCUT2D eigenvalue weighted by atomic mass is 16.4. The smallest absolute Gasteiger partial charge is 0.304 e. The van der Waals surface area contributed by atoms with E-state index in [1.54, 1.807) is 12.3 Å². The highest BCUT2D eigenvalue weighted by Gasteiger charge is 2.26. The van der Waals surface area contributed by atoms with Gasteiger partial charge >= 0.3 is 5.97 Å². The Morgan fingerprint density at radius 2 is 1.46 bits per heavy atom. The fraction of sp³-hybridized carbons (Fsp3) is 0.172. The Hall–Kier alpha value is -4.16. The average Bonchev–Trinajstić information content (AvgIpc) is 3.38. The molecule has 2 unspecified atom stereocenters. The van der Waals surface area contributed by atoms with Crippen LogP contribution in [0.1, 0.15) is 23.5 Å². The number of aromatic nitrogens is 1. The normalized spacial score (nSPS) is 12.6. The second-order valence-corrected chi connectivity index (χ2v) is 8.49. The molecule has 0 aliphatic heterocycles. The summed E-state index contributed by atoms with van der Waals surface area (Å²) in [6, 6.07) is 28.9. The molecule has 1 heterocycles. The highest BCUT2D eigenvalue weighted by Crippen LogP contribution is 2.25. The fourth-order valence-corrected chi connectivity index (χ4v) is 4.13. The number of nitrogens with zero attached hydrogens (tertiary/aromatic N) is 1. The SMILES string of the molecule is O=C(O)CC(C(=O)NC(CO)Cc1ccccc1)c1ccn(-c2ccc(-c3ccccc3)cc2)c1. The molecule has 0 saturated heterocycles. The molecule has 0 saturated carbocycles. The van der Waals surface area contributed by atoms with Crippen LogP contribution in [0.3, 0.4) is 0 Å². The Morgan fingerprint density at radius 1 is 0.829 bits per heavy atom. The van der Waals surface area contributed by atoms with Gasteiger partial charge in [-0.25, -0.2) is 0 Å². The Labute approximate surface area is 204 Å². The second kappa shape index (κ2) is 11.3. The van der Waals surface area contributed by atoms with E-state index in [-0.39, 0.29) is 13.0 Å². The predicted octanol–water partition coefficient (Wildman–Crippen LogP) is 4.42. The molecule has 0 fully saturated rings. The molecule has 35 heavy (non-hydrogen) atoms. The quantitative estimate of drug-likeness (QED) is 0.321. The van der Waals surface area contributed by atoms with E-state index in [0.717, 1.165) is 22.4 Å². The molecule has 0 spiro atoms. The minimum atomic E-state index is -1.06. The summed E-state index contributed by atoms with van der Waals surface area (Å²) >= 11 is 0. The van der Waals surface area contributed by atoms with Gasteiger partial charge in [-0.3, -0.25) is 9.59 Å². The van der Waals surface area contributed by atoms with Crippen LogP contribution in [-0.4, -0.2) is 39.3 Å². The van der Waals surface area contributed by atoms with Crippen molar-refractivity contribution in [3.8, 4) is 16.8 Å². The summed E-state index contributed by atoms with van der Waals surface area (Å²) in [5, 5.41) is 22.1. The lowest BCUT2D eigenvalue weighted by Gasteiger charge is -2.20. The first-order valence-electron chi connectivity index (χ1n) is 11.5. The van der Waals surface area contributed by atoms with E-state index in [4.69, 9.17) is 0 Å². The van der Waals surface area contributed by atoms with Crippen LogP contribution in [0.2, 0.25) is 0 Å². The van der Waals surface area contributed by atoms with Gasteiger partial charge in [0.25, 0.3) is 0 Å². The van der Waals surface area contributed by atoms with Crippen molar-refractivity contribution in [2.24, 2.45) is 0 Å². The first kappa shape index (κ1) is 24.0. The lowest BCUT2D eigenvalue weighted by atomic mass is 9.96. The number of amides is 1. The van der Waals surface area contributed by atoms with E-state index in [0.29, 0.717) is 12.0 Å². The summed E-state index contributed by atoms with van der Waals surface area (Å²) in [6.45, 7) is -0.241. The van der Waals surface area contributed by atoms with Crippen LogP contribution in [-0.2, 0) is 16.0 Å². The van der Waals surface area contributed by atoms with Gasteiger partial charge in [-0.15, -0.1) is 0 Å². The number of carbonyl (C=O) groups excluding carboxylic acids is 1. The van der Waals surface area contributed by atoms with Crippen molar-refractivity contribution in [1.29, 1.82) is 0 Å². The third kappa shape index (κ3) is 6.25. The molecule has 1 amide bonds. The molecule has 3 N–H and O–H groups in total. The number of carboxylic acid groups (broad SMARTS) is 1. The molecule has 6 heteroatoms. The van der Waals surface area contributed by atoms with E-state index in [2.05, 4.69) is 17.4 Å². The molecule has 3 aromatic carbocycles. The number of nitrogens with one attached hydrogen (secondary N) is 1. The molecule has 2 atom stereocenters. The van der Waals surface area contributed by atoms with Crippen molar-refractivity contribution >= 4 is 11.9 Å². The number of benzene rings is 3. The van der Waals surface area contributed by atoms with Crippen molar-refractivity contribution < 1.29 is 19.8 Å². The zero-order valence-electron chi connectivity index (χ0n) is 19.2. The van der Waals surface area contributed by atoms with Crippen LogP contribution >= 0.6 is 0 Å². The molecule has 4 rings (SSSR count). The molecule has 0 bridgehead atoms.